The Labute approximate surface area is 178 Å². The van der Waals surface area contributed by atoms with Gasteiger partial charge < -0.3 is 25.7 Å². The number of aromatic amines is 2. The maximum atomic E-state index is 12.7. The van der Waals surface area contributed by atoms with Gasteiger partial charge in [0.15, 0.2) is 0 Å². The van der Waals surface area contributed by atoms with Gasteiger partial charge in [-0.05, 0) is 63.2 Å². The number of phenols is 1. The molecular formula is C22H25N5O4. The van der Waals surface area contributed by atoms with Crippen molar-refractivity contribution in [2.75, 3.05) is 23.7 Å². The number of carbonyl (C=O) groups excluding carboxylic acids is 2. The second kappa shape index (κ2) is 8.65. The van der Waals surface area contributed by atoms with Crippen LogP contribution in [0.4, 0.5) is 11.4 Å². The van der Waals surface area contributed by atoms with Gasteiger partial charge in [0.25, 0.3) is 0 Å². The molecule has 0 spiro atoms. The number of piperidine rings is 1. The number of benzene rings is 2. The number of imidazole rings is 1. The zero-order valence-electron chi connectivity index (χ0n) is 17.1. The van der Waals surface area contributed by atoms with E-state index in [1.807, 2.05) is 6.92 Å². The molecule has 2 aromatic carbocycles. The van der Waals surface area contributed by atoms with Gasteiger partial charge in [0.2, 0.25) is 11.8 Å². The molecule has 1 aromatic heterocycles. The summed E-state index contributed by atoms with van der Waals surface area (Å²) in [5.74, 6) is -0.388. The Hall–Kier alpha value is -3.59. The van der Waals surface area contributed by atoms with E-state index in [1.165, 1.54) is 6.07 Å². The van der Waals surface area contributed by atoms with E-state index in [4.69, 9.17) is 0 Å². The molecule has 5 N–H and O–H groups in total. The number of rotatable bonds is 5. The van der Waals surface area contributed by atoms with E-state index in [-0.39, 0.29) is 35.2 Å². The minimum atomic E-state index is -0.358. The lowest BCUT2D eigenvalue weighted by Crippen LogP contribution is -2.47. The highest BCUT2D eigenvalue weighted by molar-refractivity contribution is 5.96. The van der Waals surface area contributed by atoms with Gasteiger partial charge in [-0.15, -0.1) is 0 Å². The highest BCUT2D eigenvalue weighted by Gasteiger charge is 2.30. The lowest BCUT2D eigenvalue weighted by atomic mass is 9.94. The Bertz CT molecular complexity index is 1160. The van der Waals surface area contributed by atoms with Gasteiger partial charge in [-0.3, -0.25) is 14.5 Å². The zero-order chi connectivity index (χ0) is 22.0. The molecule has 1 saturated heterocycles. The first-order valence-electron chi connectivity index (χ1n) is 10.3. The molecule has 31 heavy (non-hydrogen) atoms. The van der Waals surface area contributed by atoms with Gasteiger partial charge in [-0.25, -0.2) is 4.79 Å². The Morgan fingerprint density at radius 1 is 1.06 bits per heavy atom. The average Bonchev–Trinajstić information content (AvgIpc) is 3.14. The molecule has 1 fully saturated rings. The third kappa shape index (κ3) is 4.61. The van der Waals surface area contributed by atoms with Gasteiger partial charge in [-0.2, -0.15) is 0 Å². The van der Waals surface area contributed by atoms with Crippen LogP contribution in [-0.4, -0.2) is 50.9 Å². The number of hydrogen-bond donors (Lipinski definition) is 5. The minimum absolute atomic E-state index is 0.0421. The lowest BCUT2D eigenvalue weighted by molar-refractivity contribution is -0.123. The smallest absolute Gasteiger partial charge is 0.323 e. The number of nitrogens with zero attached hydrogens (tertiary/aromatic N) is 1. The first kappa shape index (κ1) is 20.7. The SMILES string of the molecule is CC(C(=O)Nc1ccc2[nH]c(=O)[nH]c2c1)N1CCC(C(=O)Nc2ccccc2O)CC1. The van der Waals surface area contributed by atoms with E-state index in [2.05, 4.69) is 25.5 Å². The summed E-state index contributed by atoms with van der Waals surface area (Å²) in [6, 6.07) is 11.5. The highest BCUT2D eigenvalue weighted by Crippen LogP contribution is 2.25. The summed E-state index contributed by atoms with van der Waals surface area (Å²) in [5.41, 5.74) is 2.04. The van der Waals surface area contributed by atoms with Crippen molar-refractivity contribution in [1.29, 1.82) is 0 Å². The molecule has 162 valence electrons. The normalized spacial score (nSPS) is 16.2. The third-order valence-electron chi connectivity index (χ3n) is 5.77. The zero-order valence-corrected chi connectivity index (χ0v) is 17.1. The molecule has 9 nitrogen and oxygen atoms in total. The quantitative estimate of drug-likeness (QED) is 0.402. The van der Waals surface area contributed by atoms with Crippen LogP contribution in [0.3, 0.4) is 0 Å². The van der Waals surface area contributed by atoms with Crippen molar-refractivity contribution >= 4 is 34.2 Å². The number of amides is 2. The minimum Gasteiger partial charge on any atom is -0.506 e. The standard InChI is InChI=1S/C22H25N5O4/c1-13(20(29)23-15-6-7-16-18(12-15)26-22(31)25-16)27-10-8-14(9-11-27)21(30)24-17-4-2-3-5-19(17)28/h2-7,12-14,28H,8-11H2,1H3,(H,23,29)(H,24,30)(H2,25,26,31). The summed E-state index contributed by atoms with van der Waals surface area (Å²) in [5, 5.41) is 15.5. The summed E-state index contributed by atoms with van der Waals surface area (Å²) < 4.78 is 0. The van der Waals surface area contributed by atoms with E-state index >= 15 is 0 Å². The number of nitrogens with one attached hydrogen (secondary N) is 4. The van der Waals surface area contributed by atoms with Gasteiger partial charge in [0, 0.05) is 11.6 Å². The van der Waals surface area contributed by atoms with Gasteiger partial charge in [0.1, 0.15) is 5.75 Å². The maximum absolute atomic E-state index is 12.7. The lowest BCUT2D eigenvalue weighted by Gasteiger charge is -2.34. The summed E-state index contributed by atoms with van der Waals surface area (Å²) in [6.45, 7) is 3.09. The van der Waals surface area contributed by atoms with Crippen molar-refractivity contribution < 1.29 is 14.7 Å². The number of carbonyl (C=O) groups is 2. The second-order valence-electron chi connectivity index (χ2n) is 7.82. The number of hydrogen-bond acceptors (Lipinski definition) is 5. The highest BCUT2D eigenvalue weighted by atomic mass is 16.3. The van der Waals surface area contributed by atoms with Crippen LogP contribution >= 0.6 is 0 Å². The molecule has 2 amide bonds. The van der Waals surface area contributed by atoms with Crippen molar-refractivity contribution in [3.05, 3.63) is 52.9 Å². The third-order valence-corrected chi connectivity index (χ3v) is 5.77. The fraction of sp³-hybridized carbons (Fsp3) is 0.318. The molecular weight excluding hydrogens is 398 g/mol. The van der Waals surface area contributed by atoms with Gasteiger partial charge in [-0.1, -0.05) is 12.1 Å². The van der Waals surface area contributed by atoms with Gasteiger partial charge in [0.05, 0.1) is 22.8 Å². The Kier molecular flexibility index (Phi) is 5.77. The van der Waals surface area contributed by atoms with Crippen LogP contribution in [-0.2, 0) is 9.59 Å². The summed E-state index contributed by atoms with van der Waals surface area (Å²) in [7, 11) is 0. The number of H-pyrrole nitrogens is 2. The van der Waals surface area contributed by atoms with Crippen LogP contribution in [0.5, 0.6) is 5.75 Å². The molecule has 0 aliphatic carbocycles. The van der Waals surface area contributed by atoms with Crippen LogP contribution in [0.15, 0.2) is 47.3 Å². The Balaban J connectivity index is 1.31. The predicted molar refractivity (Wildman–Crippen MR) is 118 cm³/mol. The molecule has 1 aliphatic rings. The monoisotopic (exact) mass is 423 g/mol. The van der Waals surface area contributed by atoms with Crippen LogP contribution in [0.2, 0.25) is 0 Å². The molecule has 4 rings (SSSR count). The number of phenolic OH excluding ortho intramolecular Hbond substituents is 1. The molecule has 3 aromatic rings. The summed E-state index contributed by atoms with van der Waals surface area (Å²) >= 11 is 0. The average molecular weight is 423 g/mol. The number of aromatic nitrogens is 2. The topological polar surface area (TPSA) is 130 Å². The molecule has 0 radical (unpaired) electrons. The maximum Gasteiger partial charge on any atom is 0.323 e. The van der Waals surface area contributed by atoms with Gasteiger partial charge >= 0.3 is 5.69 Å². The van der Waals surface area contributed by atoms with E-state index in [0.29, 0.717) is 48.3 Å². The molecule has 1 aliphatic heterocycles. The fourth-order valence-electron chi connectivity index (χ4n) is 3.89. The first-order valence-corrected chi connectivity index (χ1v) is 10.3. The molecule has 0 saturated carbocycles. The Morgan fingerprint density at radius 3 is 2.52 bits per heavy atom. The molecule has 1 atom stereocenters. The molecule has 2 heterocycles. The fourth-order valence-corrected chi connectivity index (χ4v) is 3.89. The van der Waals surface area contributed by atoms with Crippen LogP contribution < -0.4 is 16.3 Å². The largest absolute Gasteiger partial charge is 0.506 e. The van der Waals surface area contributed by atoms with E-state index in [9.17, 15) is 19.5 Å². The second-order valence-corrected chi connectivity index (χ2v) is 7.82. The van der Waals surface area contributed by atoms with Crippen LogP contribution in [0.1, 0.15) is 19.8 Å². The van der Waals surface area contributed by atoms with E-state index in [1.54, 1.807) is 36.4 Å². The number of aromatic hydroxyl groups is 1. The molecule has 9 heteroatoms. The van der Waals surface area contributed by atoms with Crippen molar-refractivity contribution in [3.8, 4) is 5.75 Å². The van der Waals surface area contributed by atoms with Crippen LogP contribution in [0.25, 0.3) is 11.0 Å². The molecule has 1 unspecified atom stereocenters. The van der Waals surface area contributed by atoms with Crippen molar-refractivity contribution in [3.63, 3.8) is 0 Å². The van der Waals surface area contributed by atoms with E-state index < -0.39 is 0 Å². The predicted octanol–water partition coefficient (Wildman–Crippen LogP) is 2.24. The van der Waals surface area contributed by atoms with Crippen molar-refractivity contribution in [2.24, 2.45) is 5.92 Å². The number of para-hydroxylation sites is 2. The van der Waals surface area contributed by atoms with Crippen molar-refractivity contribution in [1.82, 2.24) is 14.9 Å². The number of likely N-dealkylation sites (tertiary alicyclic amines) is 1. The molecule has 0 bridgehead atoms. The van der Waals surface area contributed by atoms with Crippen molar-refractivity contribution in [2.45, 2.75) is 25.8 Å². The number of fused-ring (bicyclic) bond motifs is 1. The number of anilines is 2. The van der Waals surface area contributed by atoms with E-state index in [0.717, 1.165) is 0 Å². The first-order chi connectivity index (χ1) is 14.9. The van der Waals surface area contributed by atoms with Crippen LogP contribution in [0, 0.1) is 5.92 Å². The Morgan fingerprint density at radius 2 is 1.77 bits per heavy atom. The summed E-state index contributed by atoms with van der Waals surface area (Å²) in [4.78, 5) is 44.0. The summed E-state index contributed by atoms with van der Waals surface area (Å²) in [6.07, 6.45) is 1.27.